The second-order valence-electron chi connectivity index (χ2n) is 3.76. The average molecular weight is 211 g/mol. The fraction of sp³-hybridized carbons (Fsp3) is 0.364. The summed E-state index contributed by atoms with van der Waals surface area (Å²) in [5, 5.41) is 2.78. The predicted molar refractivity (Wildman–Crippen MR) is 51.2 cm³/mol. The summed E-state index contributed by atoms with van der Waals surface area (Å²) in [6.07, 6.45) is 1.84. The molecule has 15 heavy (non-hydrogen) atoms. The minimum Gasteiger partial charge on any atom is -0.353 e. The van der Waals surface area contributed by atoms with Crippen LogP contribution in [0, 0.1) is 11.6 Å². The van der Waals surface area contributed by atoms with Crippen LogP contribution < -0.4 is 5.32 Å². The van der Waals surface area contributed by atoms with Gasteiger partial charge in [-0.2, -0.15) is 0 Å². The summed E-state index contributed by atoms with van der Waals surface area (Å²) in [5.74, 6) is -1.64. The van der Waals surface area contributed by atoms with E-state index in [0.717, 1.165) is 12.5 Å². The number of nitrogens with one attached hydrogen (secondary N) is 1. The zero-order valence-electron chi connectivity index (χ0n) is 8.09. The highest BCUT2D eigenvalue weighted by Gasteiger charge is 2.20. The van der Waals surface area contributed by atoms with Gasteiger partial charge in [0.25, 0.3) is 0 Å². The van der Waals surface area contributed by atoms with Gasteiger partial charge in [-0.15, -0.1) is 0 Å². The van der Waals surface area contributed by atoms with Crippen LogP contribution in [-0.2, 0) is 11.2 Å². The number of rotatable bonds is 2. The van der Waals surface area contributed by atoms with Crippen LogP contribution in [0.5, 0.6) is 0 Å². The minimum atomic E-state index is -0.839. The molecular formula is C11H11F2NO. The Labute approximate surface area is 86.3 Å². The summed E-state index contributed by atoms with van der Waals surface area (Å²) < 4.78 is 25.5. The first-order chi connectivity index (χ1) is 7.15. The Kier molecular flexibility index (Phi) is 2.66. The highest BCUT2D eigenvalue weighted by Crippen LogP contribution is 2.15. The number of hydrogen-bond acceptors (Lipinski definition) is 1. The van der Waals surface area contributed by atoms with Crippen LogP contribution in [0.3, 0.4) is 0 Å². The Morgan fingerprint density at radius 3 is 2.73 bits per heavy atom. The number of hydrogen-bond donors (Lipinski definition) is 1. The Bertz CT molecular complexity index is 392. The molecule has 1 saturated heterocycles. The highest BCUT2D eigenvalue weighted by atomic mass is 19.2. The lowest BCUT2D eigenvalue weighted by Gasteiger charge is -2.09. The molecule has 1 heterocycles. The van der Waals surface area contributed by atoms with Gasteiger partial charge in [0.15, 0.2) is 11.6 Å². The van der Waals surface area contributed by atoms with Gasteiger partial charge in [0.2, 0.25) is 5.91 Å². The number of carbonyl (C=O) groups excluding carboxylic acids is 1. The zero-order valence-corrected chi connectivity index (χ0v) is 8.09. The molecule has 1 amide bonds. The molecule has 1 unspecified atom stereocenters. The monoisotopic (exact) mass is 211 g/mol. The summed E-state index contributed by atoms with van der Waals surface area (Å²) in [6.45, 7) is 0. The van der Waals surface area contributed by atoms with Crippen molar-refractivity contribution in [1.29, 1.82) is 0 Å². The Morgan fingerprint density at radius 1 is 1.33 bits per heavy atom. The first-order valence-electron chi connectivity index (χ1n) is 4.88. The van der Waals surface area contributed by atoms with Gasteiger partial charge >= 0.3 is 0 Å². The van der Waals surface area contributed by atoms with Gasteiger partial charge in [0.05, 0.1) is 0 Å². The summed E-state index contributed by atoms with van der Waals surface area (Å²) in [5.41, 5.74) is 0.709. The van der Waals surface area contributed by atoms with Crippen molar-refractivity contribution in [2.75, 3.05) is 0 Å². The third-order valence-electron chi connectivity index (χ3n) is 2.55. The maximum Gasteiger partial charge on any atom is 0.220 e. The van der Waals surface area contributed by atoms with Crippen LogP contribution in [0.25, 0.3) is 0 Å². The molecule has 1 atom stereocenters. The molecule has 4 heteroatoms. The van der Waals surface area contributed by atoms with Crippen molar-refractivity contribution in [3.8, 4) is 0 Å². The number of halogens is 2. The maximum atomic E-state index is 12.9. The topological polar surface area (TPSA) is 29.1 Å². The molecule has 1 N–H and O–H groups in total. The number of benzene rings is 1. The molecule has 2 rings (SSSR count). The lowest BCUT2D eigenvalue weighted by atomic mass is 10.0. The van der Waals surface area contributed by atoms with Crippen molar-refractivity contribution in [2.24, 2.45) is 0 Å². The maximum absolute atomic E-state index is 12.9. The van der Waals surface area contributed by atoms with E-state index in [1.807, 2.05) is 0 Å². The van der Waals surface area contributed by atoms with Gasteiger partial charge in [-0.3, -0.25) is 4.79 Å². The van der Waals surface area contributed by atoms with Crippen LogP contribution in [0.15, 0.2) is 18.2 Å². The lowest BCUT2D eigenvalue weighted by molar-refractivity contribution is -0.119. The smallest absolute Gasteiger partial charge is 0.220 e. The van der Waals surface area contributed by atoms with E-state index in [1.165, 1.54) is 6.07 Å². The predicted octanol–water partition coefficient (Wildman–Crippen LogP) is 1.79. The first-order valence-corrected chi connectivity index (χ1v) is 4.88. The van der Waals surface area contributed by atoms with Crippen LogP contribution in [0.2, 0.25) is 0 Å². The van der Waals surface area contributed by atoms with Gasteiger partial charge in [-0.05, 0) is 30.5 Å². The Balaban J connectivity index is 2.05. The van der Waals surface area contributed by atoms with Crippen molar-refractivity contribution >= 4 is 5.91 Å². The van der Waals surface area contributed by atoms with E-state index in [0.29, 0.717) is 18.4 Å². The van der Waals surface area contributed by atoms with Crippen LogP contribution >= 0.6 is 0 Å². The normalized spacial score (nSPS) is 20.4. The van der Waals surface area contributed by atoms with E-state index in [1.54, 1.807) is 6.07 Å². The zero-order chi connectivity index (χ0) is 10.8. The van der Waals surface area contributed by atoms with Crippen LogP contribution in [-0.4, -0.2) is 11.9 Å². The van der Waals surface area contributed by atoms with E-state index in [4.69, 9.17) is 0 Å². The molecular weight excluding hydrogens is 200 g/mol. The van der Waals surface area contributed by atoms with Gasteiger partial charge in [0.1, 0.15) is 0 Å². The first kappa shape index (κ1) is 10.1. The molecule has 0 aliphatic carbocycles. The summed E-state index contributed by atoms with van der Waals surface area (Å²) >= 11 is 0. The standard InChI is InChI=1S/C11H11F2NO/c12-9-3-1-7(6-10(9)13)5-8-2-4-11(15)14-8/h1,3,6,8H,2,4-5H2,(H,14,15). The van der Waals surface area contributed by atoms with E-state index in [9.17, 15) is 13.6 Å². The molecule has 1 aromatic carbocycles. The third kappa shape index (κ3) is 2.32. The molecule has 1 aliphatic heterocycles. The van der Waals surface area contributed by atoms with Crippen molar-refractivity contribution in [2.45, 2.75) is 25.3 Å². The molecule has 0 spiro atoms. The SMILES string of the molecule is O=C1CCC(Cc2ccc(F)c(F)c2)N1. The molecule has 80 valence electrons. The van der Waals surface area contributed by atoms with Crippen LogP contribution in [0.4, 0.5) is 8.78 Å². The lowest BCUT2D eigenvalue weighted by Crippen LogP contribution is -2.27. The van der Waals surface area contributed by atoms with Crippen molar-refractivity contribution in [3.05, 3.63) is 35.4 Å². The summed E-state index contributed by atoms with van der Waals surface area (Å²) in [7, 11) is 0. The van der Waals surface area contributed by atoms with E-state index in [-0.39, 0.29) is 11.9 Å². The van der Waals surface area contributed by atoms with Crippen LogP contribution in [0.1, 0.15) is 18.4 Å². The molecule has 1 fully saturated rings. The van der Waals surface area contributed by atoms with E-state index < -0.39 is 11.6 Å². The molecule has 0 bridgehead atoms. The van der Waals surface area contributed by atoms with Gasteiger partial charge in [0, 0.05) is 12.5 Å². The van der Waals surface area contributed by atoms with Crippen molar-refractivity contribution in [1.82, 2.24) is 5.32 Å². The van der Waals surface area contributed by atoms with Gasteiger partial charge < -0.3 is 5.32 Å². The average Bonchev–Trinajstić information content (AvgIpc) is 2.58. The largest absolute Gasteiger partial charge is 0.353 e. The third-order valence-corrected chi connectivity index (χ3v) is 2.55. The van der Waals surface area contributed by atoms with Crippen molar-refractivity contribution in [3.63, 3.8) is 0 Å². The molecule has 0 aromatic heterocycles. The second-order valence-corrected chi connectivity index (χ2v) is 3.76. The summed E-state index contributed by atoms with van der Waals surface area (Å²) in [4.78, 5) is 10.9. The molecule has 0 radical (unpaired) electrons. The van der Waals surface area contributed by atoms with E-state index in [2.05, 4.69) is 5.32 Å². The van der Waals surface area contributed by atoms with Gasteiger partial charge in [-0.1, -0.05) is 6.07 Å². The Hall–Kier alpha value is -1.45. The quantitative estimate of drug-likeness (QED) is 0.793. The molecule has 1 aromatic rings. The Morgan fingerprint density at radius 2 is 2.13 bits per heavy atom. The van der Waals surface area contributed by atoms with E-state index >= 15 is 0 Å². The second kappa shape index (κ2) is 3.96. The fourth-order valence-electron chi connectivity index (χ4n) is 1.78. The molecule has 2 nitrogen and oxygen atoms in total. The molecule has 1 aliphatic rings. The fourth-order valence-corrected chi connectivity index (χ4v) is 1.78. The van der Waals surface area contributed by atoms with Gasteiger partial charge in [-0.25, -0.2) is 8.78 Å². The highest BCUT2D eigenvalue weighted by molar-refractivity contribution is 5.78. The summed E-state index contributed by atoms with van der Waals surface area (Å²) in [6, 6.07) is 3.90. The van der Waals surface area contributed by atoms with Crippen molar-refractivity contribution < 1.29 is 13.6 Å². The molecule has 0 saturated carbocycles. The number of amides is 1. The minimum absolute atomic E-state index is 0.0302. The number of carbonyl (C=O) groups is 1.